The molecule has 1 aliphatic heterocycles. The number of hydrogen-bond acceptors (Lipinski definition) is 4. The molecule has 2 aromatic rings. The second-order valence-electron chi connectivity index (χ2n) is 4.92. The maximum absolute atomic E-state index is 11.8. The van der Waals surface area contributed by atoms with Crippen LogP contribution in [0.1, 0.15) is 31.1 Å². The van der Waals surface area contributed by atoms with E-state index in [0.717, 1.165) is 24.4 Å². The average molecular weight is 259 g/mol. The SMILES string of the molecule is Cn1cc(-c2cc(=O)[nH]c(C3CCCCN3)n2)cn1. The van der Waals surface area contributed by atoms with Crippen molar-refractivity contribution in [3.63, 3.8) is 0 Å². The Morgan fingerprint density at radius 1 is 1.42 bits per heavy atom. The summed E-state index contributed by atoms with van der Waals surface area (Å²) >= 11 is 0. The number of hydrogen-bond donors (Lipinski definition) is 2. The average Bonchev–Trinajstić information content (AvgIpc) is 2.86. The molecule has 1 saturated heterocycles. The van der Waals surface area contributed by atoms with Gasteiger partial charge in [0.25, 0.3) is 5.56 Å². The molecule has 3 heterocycles. The largest absolute Gasteiger partial charge is 0.309 e. The minimum atomic E-state index is -0.115. The van der Waals surface area contributed by atoms with Crippen molar-refractivity contribution in [2.24, 2.45) is 7.05 Å². The van der Waals surface area contributed by atoms with Crippen molar-refractivity contribution in [3.8, 4) is 11.3 Å². The first-order chi connectivity index (χ1) is 9.22. The molecule has 0 radical (unpaired) electrons. The second-order valence-corrected chi connectivity index (χ2v) is 4.92. The maximum Gasteiger partial charge on any atom is 0.251 e. The zero-order valence-corrected chi connectivity index (χ0v) is 10.9. The number of nitrogens with zero attached hydrogens (tertiary/aromatic N) is 3. The van der Waals surface area contributed by atoms with E-state index < -0.39 is 0 Å². The second kappa shape index (κ2) is 4.97. The Morgan fingerprint density at radius 3 is 3.00 bits per heavy atom. The fourth-order valence-corrected chi connectivity index (χ4v) is 2.43. The van der Waals surface area contributed by atoms with Crippen LogP contribution in [0.15, 0.2) is 23.3 Å². The molecule has 1 fully saturated rings. The number of aromatic nitrogens is 4. The van der Waals surface area contributed by atoms with Gasteiger partial charge in [0.1, 0.15) is 5.82 Å². The van der Waals surface area contributed by atoms with Crippen molar-refractivity contribution < 1.29 is 0 Å². The number of aromatic amines is 1. The van der Waals surface area contributed by atoms with Gasteiger partial charge in [0.2, 0.25) is 0 Å². The highest BCUT2D eigenvalue weighted by Crippen LogP contribution is 2.21. The first kappa shape index (κ1) is 12.1. The molecule has 1 aliphatic rings. The number of rotatable bonds is 2. The van der Waals surface area contributed by atoms with Gasteiger partial charge in [0.15, 0.2) is 0 Å². The predicted octanol–water partition coefficient (Wildman–Crippen LogP) is 0.985. The first-order valence-electron chi connectivity index (χ1n) is 6.56. The van der Waals surface area contributed by atoms with Gasteiger partial charge in [-0.1, -0.05) is 6.42 Å². The van der Waals surface area contributed by atoms with Crippen molar-refractivity contribution in [3.05, 3.63) is 34.6 Å². The third-order valence-corrected chi connectivity index (χ3v) is 3.40. The quantitative estimate of drug-likeness (QED) is 0.843. The predicted molar refractivity (Wildman–Crippen MR) is 71.7 cm³/mol. The van der Waals surface area contributed by atoms with E-state index in [4.69, 9.17) is 0 Å². The van der Waals surface area contributed by atoms with E-state index in [0.29, 0.717) is 5.69 Å². The molecule has 0 bridgehead atoms. The van der Waals surface area contributed by atoms with Crippen LogP contribution in [0, 0.1) is 0 Å². The minimum absolute atomic E-state index is 0.115. The third-order valence-electron chi connectivity index (χ3n) is 3.40. The molecule has 2 aromatic heterocycles. The molecule has 1 unspecified atom stereocenters. The lowest BCUT2D eigenvalue weighted by Gasteiger charge is -2.22. The molecular weight excluding hydrogens is 242 g/mol. The highest BCUT2D eigenvalue weighted by atomic mass is 16.1. The zero-order chi connectivity index (χ0) is 13.2. The van der Waals surface area contributed by atoms with E-state index >= 15 is 0 Å². The number of H-pyrrole nitrogens is 1. The Labute approximate surface area is 110 Å². The summed E-state index contributed by atoms with van der Waals surface area (Å²) in [4.78, 5) is 19.2. The monoisotopic (exact) mass is 259 g/mol. The van der Waals surface area contributed by atoms with Crippen LogP contribution in [0.3, 0.4) is 0 Å². The smallest absolute Gasteiger partial charge is 0.251 e. The summed E-state index contributed by atoms with van der Waals surface area (Å²) in [5.41, 5.74) is 1.43. The molecule has 2 N–H and O–H groups in total. The van der Waals surface area contributed by atoms with Crippen molar-refractivity contribution >= 4 is 0 Å². The number of nitrogens with one attached hydrogen (secondary N) is 2. The Balaban J connectivity index is 1.98. The number of piperidine rings is 1. The molecule has 0 spiro atoms. The summed E-state index contributed by atoms with van der Waals surface area (Å²) in [5, 5.41) is 7.51. The normalized spacial score (nSPS) is 19.5. The van der Waals surface area contributed by atoms with Crippen molar-refractivity contribution in [2.75, 3.05) is 6.54 Å². The van der Waals surface area contributed by atoms with Crippen LogP contribution in [0.25, 0.3) is 11.3 Å². The molecule has 100 valence electrons. The van der Waals surface area contributed by atoms with E-state index in [1.54, 1.807) is 10.9 Å². The van der Waals surface area contributed by atoms with Crippen LogP contribution >= 0.6 is 0 Å². The summed E-state index contributed by atoms with van der Waals surface area (Å²) < 4.78 is 1.71. The highest BCUT2D eigenvalue weighted by Gasteiger charge is 2.18. The zero-order valence-electron chi connectivity index (χ0n) is 10.9. The van der Waals surface area contributed by atoms with Gasteiger partial charge in [-0.05, 0) is 19.4 Å². The standard InChI is InChI=1S/C13H17N5O/c1-18-8-9(7-15-18)11-6-12(19)17-13(16-11)10-4-2-3-5-14-10/h6-8,10,14H,2-5H2,1H3,(H,16,17,19). The molecule has 0 aromatic carbocycles. The molecule has 6 heteroatoms. The van der Waals surface area contributed by atoms with Gasteiger partial charge in [0, 0.05) is 24.9 Å². The van der Waals surface area contributed by atoms with Crippen LogP contribution in [0.4, 0.5) is 0 Å². The summed E-state index contributed by atoms with van der Waals surface area (Å²) in [6.07, 6.45) is 6.95. The van der Waals surface area contributed by atoms with Crippen LogP contribution in [0.2, 0.25) is 0 Å². The van der Waals surface area contributed by atoms with E-state index in [1.807, 2.05) is 13.2 Å². The summed E-state index contributed by atoms with van der Waals surface area (Å²) in [6, 6.07) is 1.67. The van der Waals surface area contributed by atoms with Crippen LogP contribution < -0.4 is 10.9 Å². The molecule has 0 saturated carbocycles. The van der Waals surface area contributed by atoms with Crippen molar-refractivity contribution in [2.45, 2.75) is 25.3 Å². The summed E-state index contributed by atoms with van der Waals surface area (Å²) in [6.45, 7) is 0.978. The molecule has 3 rings (SSSR count). The maximum atomic E-state index is 11.8. The van der Waals surface area contributed by atoms with Gasteiger partial charge in [0.05, 0.1) is 17.9 Å². The molecule has 6 nitrogen and oxygen atoms in total. The number of aryl methyl sites for hydroxylation is 1. The van der Waals surface area contributed by atoms with E-state index in [9.17, 15) is 4.79 Å². The van der Waals surface area contributed by atoms with E-state index in [2.05, 4.69) is 20.4 Å². The fraction of sp³-hybridized carbons (Fsp3) is 0.462. The third kappa shape index (κ3) is 2.58. The van der Waals surface area contributed by atoms with Gasteiger partial charge in [-0.25, -0.2) is 4.98 Å². The van der Waals surface area contributed by atoms with Crippen molar-refractivity contribution in [1.29, 1.82) is 0 Å². The topological polar surface area (TPSA) is 75.6 Å². The Bertz CT molecular complexity index is 624. The minimum Gasteiger partial charge on any atom is -0.309 e. The van der Waals surface area contributed by atoms with Crippen LogP contribution in [0.5, 0.6) is 0 Å². The van der Waals surface area contributed by atoms with Crippen molar-refractivity contribution in [1.82, 2.24) is 25.1 Å². The fourth-order valence-electron chi connectivity index (χ4n) is 2.43. The Hall–Kier alpha value is -1.95. The molecule has 19 heavy (non-hydrogen) atoms. The lowest BCUT2D eigenvalue weighted by atomic mass is 10.0. The Kier molecular flexibility index (Phi) is 3.16. The Morgan fingerprint density at radius 2 is 2.32 bits per heavy atom. The summed E-state index contributed by atoms with van der Waals surface area (Å²) in [5.74, 6) is 0.728. The lowest BCUT2D eigenvalue weighted by molar-refractivity contribution is 0.397. The lowest BCUT2D eigenvalue weighted by Crippen LogP contribution is -2.30. The molecule has 1 atom stereocenters. The highest BCUT2D eigenvalue weighted by molar-refractivity contribution is 5.56. The van der Waals surface area contributed by atoms with Gasteiger partial charge in [-0.3, -0.25) is 9.48 Å². The van der Waals surface area contributed by atoms with Crippen LogP contribution in [-0.2, 0) is 7.05 Å². The van der Waals surface area contributed by atoms with Gasteiger partial charge in [-0.15, -0.1) is 0 Å². The first-order valence-corrected chi connectivity index (χ1v) is 6.56. The molecule has 0 amide bonds. The van der Waals surface area contributed by atoms with E-state index in [1.165, 1.54) is 18.9 Å². The molecule has 0 aliphatic carbocycles. The van der Waals surface area contributed by atoms with Gasteiger partial charge in [-0.2, -0.15) is 5.10 Å². The van der Waals surface area contributed by atoms with Crippen LogP contribution in [-0.4, -0.2) is 26.3 Å². The van der Waals surface area contributed by atoms with E-state index in [-0.39, 0.29) is 11.6 Å². The molecular formula is C13H17N5O. The van der Waals surface area contributed by atoms with Gasteiger partial charge >= 0.3 is 0 Å². The van der Waals surface area contributed by atoms with Gasteiger partial charge < -0.3 is 10.3 Å². The summed E-state index contributed by atoms with van der Waals surface area (Å²) in [7, 11) is 1.85.